The number of carbonyl (C=O) groups is 1. The van der Waals surface area contributed by atoms with E-state index in [1.165, 1.54) is 12.4 Å². The number of halogens is 1. The molecule has 2 aliphatic rings. The lowest BCUT2D eigenvalue weighted by atomic mass is 10.1. The van der Waals surface area contributed by atoms with Gasteiger partial charge in [0.25, 0.3) is 5.91 Å². The molecule has 1 aromatic rings. The standard InChI is InChI=1S/C14H14ClN3O2/c1-9-8-20-12-5-3-2-4-11(12)18(9)14(19)10-6-16-7-13(15)17-10/h2,4,6-7,9H,3,5,8H2,1H3. The topological polar surface area (TPSA) is 55.3 Å². The minimum atomic E-state index is -0.199. The van der Waals surface area contributed by atoms with Crippen molar-refractivity contribution in [3.63, 3.8) is 0 Å². The number of carbonyl (C=O) groups excluding carboxylic acids is 1. The molecule has 1 aliphatic heterocycles. The van der Waals surface area contributed by atoms with E-state index in [1.54, 1.807) is 4.90 Å². The third kappa shape index (κ3) is 2.29. The molecule has 5 nitrogen and oxygen atoms in total. The van der Waals surface area contributed by atoms with Crippen molar-refractivity contribution >= 4 is 17.5 Å². The molecule has 1 aliphatic carbocycles. The number of allylic oxidation sites excluding steroid dienone is 3. The Bertz CT molecular complexity index is 612. The fraction of sp³-hybridized carbons (Fsp3) is 0.357. The molecule has 0 bridgehead atoms. The second-order valence-electron chi connectivity index (χ2n) is 4.81. The second kappa shape index (κ2) is 5.25. The summed E-state index contributed by atoms with van der Waals surface area (Å²) in [6.45, 7) is 2.44. The molecule has 0 spiro atoms. The summed E-state index contributed by atoms with van der Waals surface area (Å²) in [6, 6.07) is -0.0511. The van der Waals surface area contributed by atoms with Crippen LogP contribution in [0.1, 0.15) is 30.3 Å². The Kier molecular flexibility index (Phi) is 3.44. The third-order valence-electron chi connectivity index (χ3n) is 3.34. The normalized spacial score (nSPS) is 21.5. The van der Waals surface area contributed by atoms with Gasteiger partial charge in [0.15, 0.2) is 0 Å². The number of aromatic nitrogens is 2. The van der Waals surface area contributed by atoms with Crippen LogP contribution in [0.3, 0.4) is 0 Å². The van der Waals surface area contributed by atoms with Crippen LogP contribution >= 0.6 is 11.6 Å². The van der Waals surface area contributed by atoms with Crippen LogP contribution in [0.4, 0.5) is 0 Å². The van der Waals surface area contributed by atoms with E-state index in [2.05, 4.69) is 9.97 Å². The average Bonchev–Trinajstić information content (AvgIpc) is 2.46. The summed E-state index contributed by atoms with van der Waals surface area (Å²) >= 11 is 5.81. The first kappa shape index (κ1) is 13.1. The van der Waals surface area contributed by atoms with Crippen molar-refractivity contribution in [1.82, 2.24) is 14.9 Å². The van der Waals surface area contributed by atoms with Crippen molar-refractivity contribution in [3.05, 3.63) is 46.8 Å². The van der Waals surface area contributed by atoms with Crippen LogP contribution in [-0.4, -0.2) is 33.4 Å². The van der Waals surface area contributed by atoms with Crippen LogP contribution in [-0.2, 0) is 4.74 Å². The molecule has 2 heterocycles. The van der Waals surface area contributed by atoms with Crippen LogP contribution < -0.4 is 0 Å². The third-order valence-corrected chi connectivity index (χ3v) is 3.52. The number of hydrogen-bond donors (Lipinski definition) is 0. The largest absolute Gasteiger partial charge is 0.494 e. The summed E-state index contributed by atoms with van der Waals surface area (Å²) in [5.74, 6) is 0.670. The first-order valence-corrected chi connectivity index (χ1v) is 6.88. The van der Waals surface area contributed by atoms with Gasteiger partial charge in [-0.15, -0.1) is 0 Å². The molecule has 3 rings (SSSR count). The fourth-order valence-corrected chi connectivity index (χ4v) is 2.55. The minimum Gasteiger partial charge on any atom is -0.494 e. The predicted molar refractivity (Wildman–Crippen MR) is 74.0 cm³/mol. The van der Waals surface area contributed by atoms with E-state index >= 15 is 0 Å². The zero-order valence-corrected chi connectivity index (χ0v) is 11.8. The van der Waals surface area contributed by atoms with E-state index in [1.807, 2.05) is 19.1 Å². The molecule has 20 heavy (non-hydrogen) atoms. The van der Waals surface area contributed by atoms with Gasteiger partial charge < -0.3 is 4.74 Å². The summed E-state index contributed by atoms with van der Waals surface area (Å²) < 4.78 is 5.71. The highest BCUT2D eigenvalue weighted by Crippen LogP contribution is 2.30. The van der Waals surface area contributed by atoms with Gasteiger partial charge in [0.2, 0.25) is 0 Å². The first-order chi connectivity index (χ1) is 9.66. The molecule has 0 saturated carbocycles. The molecule has 0 N–H and O–H groups in total. The maximum Gasteiger partial charge on any atom is 0.279 e. The highest BCUT2D eigenvalue weighted by Gasteiger charge is 2.32. The van der Waals surface area contributed by atoms with Crippen molar-refractivity contribution in [2.75, 3.05) is 6.61 Å². The molecule has 0 saturated heterocycles. The molecule has 1 aromatic heterocycles. The van der Waals surface area contributed by atoms with Crippen molar-refractivity contribution in [3.8, 4) is 0 Å². The van der Waals surface area contributed by atoms with E-state index in [-0.39, 0.29) is 22.8 Å². The van der Waals surface area contributed by atoms with Crippen LogP contribution in [0, 0.1) is 0 Å². The number of rotatable bonds is 1. The number of nitrogens with zero attached hydrogens (tertiary/aromatic N) is 3. The molecule has 1 unspecified atom stereocenters. The molecule has 0 fully saturated rings. The smallest absolute Gasteiger partial charge is 0.279 e. The lowest BCUT2D eigenvalue weighted by Crippen LogP contribution is -2.44. The maximum atomic E-state index is 12.7. The highest BCUT2D eigenvalue weighted by molar-refractivity contribution is 6.29. The number of hydrogen-bond acceptors (Lipinski definition) is 4. The fourth-order valence-electron chi connectivity index (χ4n) is 2.40. The summed E-state index contributed by atoms with van der Waals surface area (Å²) in [6.07, 6.45) is 8.58. The Morgan fingerprint density at radius 2 is 2.35 bits per heavy atom. The van der Waals surface area contributed by atoms with E-state index in [4.69, 9.17) is 16.3 Å². The Labute approximate surface area is 121 Å². The molecule has 104 valence electrons. The summed E-state index contributed by atoms with van der Waals surface area (Å²) in [7, 11) is 0. The summed E-state index contributed by atoms with van der Waals surface area (Å²) in [4.78, 5) is 22.3. The van der Waals surface area contributed by atoms with Gasteiger partial charge in [0.05, 0.1) is 24.1 Å². The quantitative estimate of drug-likeness (QED) is 0.798. The van der Waals surface area contributed by atoms with Crippen molar-refractivity contribution < 1.29 is 9.53 Å². The summed E-state index contributed by atoms with van der Waals surface area (Å²) in [5, 5.41) is 0.213. The highest BCUT2D eigenvalue weighted by atomic mass is 35.5. The van der Waals surface area contributed by atoms with Gasteiger partial charge in [-0.3, -0.25) is 14.7 Å². The predicted octanol–water partition coefficient (Wildman–Crippen LogP) is 2.55. The average molecular weight is 292 g/mol. The van der Waals surface area contributed by atoms with Crippen LogP contribution in [0.15, 0.2) is 36.0 Å². The van der Waals surface area contributed by atoms with Gasteiger partial charge in [0, 0.05) is 6.42 Å². The van der Waals surface area contributed by atoms with Crippen LogP contribution in [0.2, 0.25) is 5.15 Å². The van der Waals surface area contributed by atoms with Gasteiger partial charge in [-0.1, -0.05) is 17.7 Å². The number of ether oxygens (including phenoxy) is 1. The van der Waals surface area contributed by atoms with Crippen molar-refractivity contribution in [2.45, 2.75) is 25.8 Å². The van der Waals surface area contributed by atoms with Crippen molar-refractivity contribution in [1.29, 1.82) is 0 Å². The Balaban J connectivity index is 1.98. The van der Waals surface area contributed by atoms with Gasteiger partial charge in [-0.05, 0) is 19.4 Å². The van der Waals surface area contributed by atoms with Gasteiger partial charge in [-0.2, -0.15) is 0 Å². The molecule has 0 aromatic carbocycles. The van der Waals surface area contributed by atoms with Crippen LogP contribution in [0.5, 0.6) is 0 Å². The van der Waals surface area contributed by atoms with Crippen LogP contribution in [0.25, 0.3) is 0 Å². The van der Waals surface area contributed by atoms with Crippen molar-refractivity contribution in [2.24, 2.45) is 0 Å². The van der Waals surface area contributed by atoms with E-state index in [0.717, 1.165) is 24.3 Å². The Hall–Kier alpha value is -1.88. The first-order valence-electron chi connectivity index (χ1n) is 6.50. The molecule has 1 amide bonds. The van der Waals surface area contributed by atoms with E-state index in [9.17, 15) is 4.79 Å². The van der Waals surface area contributed by atoms with E-state index in [0.29, 0.717) is 6.61 Å². The SMILES string of the molecule is CC1COC2=C(C=CCC2)N1C(=O)c1cncc(Cl)n1. The summed E-state index contributed by atoms with van der Waals surface area (Å²) in [5.41, 5.74) is 1.07. The zero-order chi connectivity index (χ0) is 14.1. The second-order valence-corrected chi connectivity index (χ2v) is 5.20. The molecule has 1 atom stereocenters. The molecular formula is C14H14ClN3O2. The maximum absolute atomic E-state index is 12.7. The molecular weight excluding hydrogens is 278 g/mol. The lowest BCUT2D eigenvalue weighted by molar-refractivity contribution is 0.0519. The van der Waals surface area contributed by atoms with E-state index < -0.39 is 0 Å². The van der Waals surface area contributed by atoms with Gasteiger partial charge >= 0.3 is 0 Å². The zero-order valence-electron chi connectivity index (χ0n) is 11.0. The minimum absolute atomic E-state index is 0.0511. The number of amides is 1. The van der Waals surface area contributed by atoms with Gasteiger partial charge in [-0.25, -0.2) is 4.98 Å². The van der Waals surface area contributed by atoms with Gasteiger partial charge in [0.1, 0.15) is 23.2 Å². The molecule has 0 radical (unpaired) electrons. The Morgan fingerprint density at radius 3 is 3.15 bits per heavy atom. The Morgan fingerprint density at radius 1 is 1.50 bits per heavy atom. The monoisotopic (exact) mass is 291 g/mol. The molecule has 6 heteroatoms. The lowest BCUT2D eigenvalue weighted by Gasteiger charge is -2.37.